The molecule has 222 valence electrons. The number of fused-ring (bicyclic) bond motifs is 2. The predicted molar refractivity (Wildman–Crippen MR) is 164 cm³/mol. The van der Waals surface area contributed by atoms with Gasteiger partial charge in [0.15, 0.2) is 0 Å². The van der Waals surface area contributed by atoms with E-state index in [1.54, 1.807) is 42.5 Å². The van der Waals surface area contributed by atoms with Gasteiger partial charge in [-0.2, -0.15) is 0 Å². The summed E-state index contributed by atoms with van der Waals surface area (Å²) in [7, 11) is 0. The van der Waals surface area contributed by atoms with E-state index < -0.39 is 12.1 Å². The SMILES string of the molecule is O=C(O)c1ccc2nc(CN3CCC(c4cccc5c4OC(c4ccc(Cl)cc4Cl)C=C5F)CC3)n(C[C@@H]3CCO3)c2c1. The van der Waals surface area contributed by atoms with Crippen molar-refractivity contribution in [3.8, 4) is 5.75 Å². The largest absolute Gasteiger partial charge is 0.480 e. The number of carboxylic acids is 1. The van der Waals surface area contributed by atoms with Gasteiger partial charge in [0, 0.05) is 22.2 Å². The lowest BCUT2D eigenvalue weighted by molar-refractivity contribution is -0.0592. The predicted octanol–water partition coefficient (Wildman–Crippen LogP) is 7.65. The number of aromatic carboxylic acids is 1. The van der Waals surface area contributed by atoms with Crippen molar-refractivity contribution in [1.82, 2.24) is 14.5 Å². The zero-order valence-electron chi connectivity index (χ0n) is 23.3. The van der Waals surface area contributed by atoms with Crippen LogP contribution in [0.1, 0.15) is 64.2 Å². The molecule has 10 heteroatoms. The van der Waals surface area contributed by atoms with Gasteiger partial charge in [0.1, 0.15) is 23.5 Å². The van der Waals surface area contributed by atoms with Crippen molar-refractivity contribution in [3.05, 3.63) is 98.8 Å². The Balaban J connectivity index is 1.10. The second kappa shape index (κ2) is 11.6. The molecule has 4 aromatic rings. The first kappa shape index (κ1) is 28.3. The third-order valence-electron chi connectivity index (χ3n) is 8.76. The van der Waals surface area contributed by atoms with E-state index in [1.165, 1.54) is 6.08 Å². The molecule has 1 aromatic heterocycles. The fraction of sp³-hybridized carbons (Fsp3) is 0.333. The van der Waals surface area contributed by atoms with Crippen LogP contribution in [0.3, 0.4) is 0 Å². The van der Waals surface area contributed by atoms with Gasteiger partial charge in [-0.3, -0.25) is 4.90 Å². The van der Waals surface area contributed by atoms with E-state index >= 15 is 4.39 Å². The van der Waals surface area contributed by atoms with Crippen LogP contribution in [0, 0.1) is 0 Å². The summed E-state index contributed by atoms with van der Waals surface area (Å²) < 4.78 is 29.6. The van der Waals surface area contributed by atoms with Gasteiger partial charge in [-0.05, 0) is 86.3 Å². The molecule has 2 fully saturated rings. The maximum atomic E-state index is 15.3. The monoisotopic (exact) mass is 621 g/mol. The standard InChI is InChI=1S/C33H30Cl2FN3O4/c34-21-5-6-24(26(35)15-21)30-16-27(36)25-3-1-2-23(32(25)43-30)19-8-11-38(12-9-19)18-31-37-28-7-4-20(33(40)41)14-29(28)39(31)17-22-10-13-42-22/h1-7,14-16,19,22,30H,8-13,17-18H2,(H,40,41)/t22-,30?/m0/s1. The van der Waals surface area contributed by atoms with Crippen LogP contribution in [0.4, 0.5) is 4.39 Å². The van der Waals surface area contributed by atoms with E-state index in [9.17, 15) is 9.90 Å². The summed E-state index contributed by atoms with van der Waals surface area (Å²) in [5, 5.41) is 10.5. The maximum absolute atomic E-state index is 15.3. The first-order valence-corrected chi connectivity index (χ1v) is 15.3. The molecule has 3 aliphatic rings. The molecule has 0 spiro atoms. The van der Waals surface area contributed by atoms with Crippen molar-refractivity contribution in [2.45, 2.75) is 50.5 Å². The zero-order valence-corrected chi connectivity index (χ0v) is 24.8. The van der Waals surface area contributed by atoms with Gasteiger partial charge in [0.25, 0.3) is 0 Å². The Bertz CT molecular complexity index is 1740. The summed E-state index contributed by atoms with van der Waals surface area (Å²) >= 11 is 12.5. The van der Waals surface area contributed by atoms with Gasteiger partial charge >= 0.3 is 5.97 Å². The highest BCUT2D eigenvalue weighted by atomic mass is 35.5. The maximum Gasteiger partial charge on any atom is 0.335 e. The Labute approximate surface area is 258 Å². The van der Waals surface area contributed by atoms with Gasteiger partial charge in [-0.25, -0.2) is 14.2 Å². The third kappa shape index (κ3) is 5.53. The minimum atomic E-state index is -0.955. The van der Waals surface area contributed by atoms with E-state index in [0.717, 1.165) is 61.4 Å². The lowest BCUT2D eigenvalue weighted by Gasteiger charge is -2.34. The number of benzene rings is 3. The van der Waals surface area contributed by atoms with Crippen LogP contribution in [0.5, 0.6) is 5.75 Å². The summed E-state index contributed by atoms with van der Waals surface area (Å²) in [5.41, 5.74) is 3.99. The number of carbonyl (C=O) groups is 1. The second-order valence-electron chi connectivity index (χ2n) is 11.4. The molecular formula is C33H30Cl2FN3O4. The number of likely N-dealkylation sites (tertiary alicyclic amines) is 1. The number of imidazole rings is 1. The number of hydrogen-bond acceptors (Lipinski definition) is 5. The van der Waals surface area contributed by atoms with Crippen LogP contribution in [-0.2, 0) is 17.8 Å². The number of rotatable bonds is 7. The van der Waals surface area contributed by atoms with Crippen molar-refractivity contribution >= 4 is 46.0 Å². The first-order valence-electron chi connectivity index (χ1n) is 14.5. The Hall–Kier alpha value is -3.43. The lowest BCUT2D eigenvalue weighted by atomic mass is 9.86. The smallest absolute Gasteiger partial charge is 0.335 e. The number of halogens is 3. The number of hydrogen-bond donors (Lipinski definition) is 1. The Kier molecular flexibility index (Phi) is 7.63. The van der Waals surface area contributed by atoms with Crippen molar-refractivity contribution in [3.63, 3.8) is 0 Å². The summed E-state index contributed by atoms with van der Waals surface area (Å²) in [4.78, 5) is 18.9. The lowest BCUT2D eigenvalue weighted by Crippen LogP contribution is -2.35. The molecule has 3 aromatic carbocycles. The third-order valence-corrected chi connectivity index (χ3v) is 9.32. The molecule has 0 aliphatic carbocycles. The van der Waals surface area contributed by atoms with Crippen LogP contribution in [0.2, 0.25) is 10.0 Å². The van der Waals surface area contributed by atoms with Crippen molar-refractivity contribution in [2.24, 2.45) is 0 Å². The fourth-order valence-electron chi connectivity index (χ4n) is 6.33. The highest BCUT2D eigenvalue weighted by Gasteiger charge is 2.31. The zero-order chi connectivity index (χ0) is 29.7. The number of ether oxygens (including phenoxy) is 2. The number of piperidine rings is 1. The van der Waals surface area contributed by atoms with Crippen molar-refractivity contribution in [1.29, 1.82) is 0 Å². The quantitative estimate of drug-likeness (QED) is 0.228. The number of para-hydroxylation sites is 1. The van der Waals surface area contributed by atoms with E-state index in [2.05, 4.69) is 9.47 Å². The minimum absolute atomic E-state index is 0.112. The summed E-state index contributed by atoms with van der Waals surface area (Å²) in [6.07, 6.45) is 3.67. The summed E-state index contributed by atoms with van der Waals surface area (Å²) in [5.74, 6) is 0.411. The van der Waals surface area contributed by atoms with Gasteiger partial charge in [0.05, 0.1) is 41.4 Å². The summed E-state index contributed by atoms with van der Waals surface area (Å²) in [6.45, 7) is 3.72. The van der Waals surface area contributed by atoms with E-state index in [1.807, 2.05) is 12.1 Å². The molecule has 0 saturated carbocycles. The molecule has 1 unspecified atom stereocenters. The molecule has 1 N–H and O–H groups in total. The average Bonchev–Trinajstić information content (AvgIpc) is 3.31. The number of nitrogens with zero attached hydrogens (tertiary/aromatic N) is 3. The molecule has 0 radical (unpaired) electrons. The van der Waals surface area contributed by atoms with E-state index in [0.29, 0.717) is 40.0 Å². The Morgan fingerprint density at radius 1 is 1.05 bits per heavy atom. The minimum Gasteiger partial charge on any atom is -0.480 e. The van der Waals surface area contributed by atoms with Gasteiger partial charge in [-0.1, -0.05) is 41.4 Å². The summed E-state index contributed by atoms with van der Waals surface area (Å²) in [6, 6.07) is 15.9. The van der Waals surface area contributed by atoms with Gasteiger partial charge in [0.2, 0.25) is 0 Å². The van der Waals surface area contributed by atoms with Crippen LogP contribution in [-0.4, -0.2) is 51.3 Å². The molecule has 0 bridgehead atoms. The molecule has 4 heterocycles. The molecule has 2 atom stereocenters. The molecule has 7 rings (SSSR count). The molecule has 7 nitrogen and oxygen atoms in total. The molecule has 3 aliphatic heterocycles. The number of aromatic nitrogens is 2. The van der Waals surface area contributed by atoms with Gasteiger partial charge < -0.3 is 19.1 Å². The molecule has 43 heavy (non-hydrogen) atoms. The number of carboxylic acid groups (broad SMARTS) is 1. The van der Waals surface area contributed by atoms with Crippen LogP contribution in [0.25, 0.3) is 16.9 Å². The molecule has 2 saturated heterocycles. The Morgan fingerprint density at radius 2 is 1.86 bits per heavy atom. The van der Waals surface area contributed by atoms with Crippen LogP contribution >= 0.6 is 23.2 Å². The van der Waals surface area contributed by atoms with Crippen molar-refractivity contribution < 1.29 is 23.8 Å². The van der Waals surface area contributed by atoms with E-state index in [4.69, 9.17) is 37.7 Å². The molecular weight excluding hydrogens is 592 g/mol. The van der Waals surface area contributed by atoms with E-state index in [-0.39, 0.29) is 23.4 Å². The average molecular weight is 623 g/mol. The van der Waals surface area contributed by atoms with Crippen LogP contribution < -0.4 is 4.74 Å². The molecule has 0 amide bonds. The fourth-order valence-corrected chi connectivity index (χ4v) is 6.85. The first-order chi connectivity index (χ1) is 20.8. The topological polar surface area (TPSA) is 76.8 Å². The van der Waals surface area contributed by atoms with Gasteiger partial charge in [-0.15, -0.1) is 0 Å². The highest BCUT2D eigenvalue weighted by molar-refractivity contribution is 6.35. The normalized spacial score (nSPS) is 20.8. The van der Waals surface area contributed by atoms with Crippen LogP contribution in [0.15, 0.2) is 60.7 Å². The second-order valence-corrected chi connectivity index (χ2v) is 12.3. The highest BCUT2D eigenvalue weighted by Crippen LogP contribution is 2.45. The van der Waals surface area contributed by atoms with Crippen molar-refractivity contribution in [2.75, 3.05) is 19.7 Å². The Morgan fingerprint density at radius 3 is 2.58 bits per heavy atom.